The molecule has 2 aromatic rings. The molecule has 0 aliphatic carbocycles. The van der Waals surface area contributed by atoms with Gasteiger partial charge in [0.05, 0.1) is 29.6 Å². The number of carbonyl (C=O) groups is 1. The molecule has 3 unspecified atom stereocenters. The number of nitrogens with zero attached hydrogens (tertiary/aromatic N) is 2. The number of likely N-dealkylation sites (tertiary alicyclic amines) is 1. The summed E-state index contributed by atoms with van der Waals surface area (Å²) in [5.41, 5.74) is 11.0. The molecule has 4 fully saturated rings. The van der Waals surface area contributed by atoms with Crippen molar-refractivity contribution in [2.75, 3.05) is 36.8 Å². The minimum atomic E-state index is -0.396. The van der Waals surface area contributed by atoms with Gasteiger partial charge in [0.15, 0.2) is 6.23 Å². The zero-order chi connectivity index (χ0) is 26.3. The maximum atomic E-state index is 12.6. The smallest absolute Gasteiger partial charge is 0.255 e. The first-order valence-electron chi connectivity index (χ1n) is 13.1. The van der Waals surface area contributed by atoms with E-state index >= 15 is 0 Å². The summed E-state index contributed by atoms with van der Waals surface area (Å²) in [5.74, 6) is -0.256. The van der Waals surface area contributed by atoms with E-state index in [1.54, 1.807) is 30.3 Å². The number of hydrogen-bond donors (Lipinski definition) is 5. The third-order valence-electron chi connectivity index (χ3n) is 8.20. The van der Waals surface area contributed by atoms with Gasteiger partial charge in [0.25, 0.3) is 5.91 Å². The molecule has 4 aliphatic heterocycles. The van der Waals surface area contributed by atoms with E-state index in [0.29, 0.717) is 28.5 Å². The van der Waals surface area contributed by atoms with Gasteiger partial charge < -0.3 is 15.8 Å². The summed E-state index contributed by atoms with van der Waals surface area (Å²) in [6.07, 6.45) is 1.61. The maximum absolute atomic E-state index is 12.6. The molecular weight excluding hydrogens is 510 g/mol. The molecule has 0 aromatic heterocycles. The number of amides is 1. The van der Waals surface area contributed by atoms with Gasteiger partial charge in [-0.2, -0.15) is 10.4 Å². The number of anilines is 2. The molecule has 0 saturated carbocycles. The lowest BCUT2D eigenvalue weighted by molar-refractivity contribution is -0.250. The number of piperidine rings is 1. The highest BCUT2D eigenvalue weighted by molar-refractivity contribution is 6.36. The van der Waals surface area contributed by atoms with E-state index in [2.05, 4.69) is 33.3 Å². The van der Waals surface area contributed by atoms with Crippen LogP contribution in [0.2, 0.25) is 5.02 Å². The third kappa shape index (κ3) is 4.90. The Labute approximate surface area is 226 Å². The van der Waals surface area contributed by atoms with Gasteiger partial charge in [-0.3, -0.25) is 20.3 Å². The number of benzene rings is 2. The van der Waals surface area contributed by atoms with Crippen molar-refractivity contribution in [1.29, 1.82) is 0 Å². The van der Waals surface area contributed by atoms with Gasteiger partial charge in [-0.25, -0.2) is 4.84 Å². The summed E-state index contributed by atoms with van der Waals surface area (Å²) in [5, 5.41) is 11.4. The summed E-state index contributed by atoms with van der Waals surface area (Å²) in [6, 6.07) is 14.3. The minimum absolute atomic E-state index is 0.0880. The van der Waals surface area contributed by atoms with E-state index in [-0.39, 0.29) is 35.8 Å². The van der Waals surface area contributed by atoms with Crippen LogP contribution < -0.4 is 32.4 Å². The Balaban J connectivity index is 1.05. The second-order valence-corrected chi connectivity index (χ2v) is 10.8. The molecule has 12 heteroatoms. The summed E-state index contributed by atoms with van der Waals surface area (Å²) in [4.78, 5) is 26.8. The van der Waals surface area contributed by atoms with Gasteiger partial charge in [-0.05, 0) is 44.0 Å². The monoisotopic (exact) mass is 543 g/mol. The topological polar surface area (TPSA) is 125 Å². The Bertz CT molecular complexity index is 1150. The molecule has 11 nitrogen and oxygen atoms in total. The Hall–Kier alpha value is -2.32. The SMILES string of the molecule is C[C@@H]1OCC2(CCN(C3CNC4ON(c5cccc(NC(=O)c6ccccc6)c5Cl)ONC4N3)CC2)[C@@H]1N. The second-order valence-electron chi connectivity index (χ2n) is 10.5. The van der Waals surface area contributed by atoms with Crippen LogP contribution >= 0.6 is 11.6 Å². The quantitative estimate of drug-likeness (QED) is 0.389. The molecule has 1 amide bonds. The Morgan fingerprint density at radius 2 is 1.95 bits per heavy atom. The fourth-order valence-electron chi connectivity index (χ4n) is 5.76. The van der Waals surface area contributed by atoms with Crippen LogP contribution in [0.3, 0.4) is 0 Å². The first kappa shape index (κ1) is 25.9. The van der Waals surface area contributed by atoms with Crippen molar-refractivity contribution in [2.24, 2.45) is 11.1 Å². The lowest BCUT2D eigenvalue weighted by Gasteiger charge is -2.49. The van der Waals surface area contributed by atoms with Gasteiger partial charge in [0, 0.05) is 36.7 Å². The van der Waals surface area contributed by atoms with Gasteiger partial charge in [-0.15, -0.1) is 5.23 Å². The van der Waals surface area contributed by atoms with Crippen LogP contribution in [0.25, 0.3) is 0 Å². The molecule has 2 aromatic carbocycles. The summed E-state index contributed by atoms with van der Waals surface area (Å²) in [7, 11) is 0. The van der Waals surface area contributed by atoms with Crippen molar-refractivity contribution in [2.45, 2.75) is 50.5 Å². The highest BCUT2D eigenvalue weighted by Gasteiger charge is 2.49. The van der Waals surface area contributed by atoms with Crippen LogP contribution in [0.1, 0.15) is 30.1 Å². The van der Waals surface area contributed by atoms with E-state index in [4.69, 9.17) is 31.8 Å². The largest absolute Gasteiger partial charge is 0.376 e. The molecule has 5 atom stereocenters. The van der Waals surface area contributed by atoms with Crippen molar-refractivity contribution in [1.82, 2.24) is 21.0 Å². The number of nitrogens with two attached hydrogens (primary N) is 1. The Morgan fingerprint density at radius 1 is 1.16 bits per heavy atom. The molecule has 204 valence electrons. The number of hydrogen-bond acceptors (Lipinski definition) is 10. The number of carbonyl (C=O) groups excluding carboxylic acids is 1. The van der Waals surface area contributed by atoms with Crippen LogP contribution in [0.15, 0.2) is 48.5 Å². The first-order valence-corrected chi connectivity index (χ1v) is 13.5. The van der Waals surface area contributed by atoms with E-state index in [1.807, 2.05) is 18.2 Å². The van der Waals surface area contributed by atoms with Crippen molar-refractivity contribution in [3.05, 3.63) is 59.1 Å². The highest BCUT2D eigenvalue weighted by Crippen LogP contribution is 2.41. The van der Waals surface area contributed by atoms with Crippen molar-refractivity contribution in [3.63, 3.8) is 0 Å². The van der Waals surface area contributed by atoms with Gasteiger partial charge >= 0.3 is 0 Å². The van der Waals surface area contributed by atoms with Crippen LogP contribution in [0.5, 0.6) is 0 Å². The molecule has 4 saturated heterocycles. The number of halogens is 1. The summed E-state index contributed by atoms with van der Waals surface area (Å²) >= 11 is 6.64. The van der Waals surface area contributed by atoms with E-state index in [0.717, 1.165) is 32.5 Å². The molecule has 1 spiro atoms. The zero-order valence-electron chi connectivity index (χ0n) is 21.2. The van der Waals surface area contributed by atoms with E-state index in [9.17, 15) is 4.79 Å². The molecule has 38 heavy (non-hydrogen) atoms. The molecule has 6 N–H and O–H groups in total. The average Bonchev–Trinajstić information content (AvgIpc) is 3.23. The molecular formula is C26H34ClN7O4. The number of fused-ring (bicyclic) bond motifs is 1. The molecule has 6 rings (SSSR count). The number of piperazine rings is 1. The predicted molar refractivity (Wildman–Crippen MR) is 143 cm³/mol. The lowest BCUT2D eigenvalue weighted by Crippen LogP contribution is -2.74. The lowest BCUT2D eigenvalue weighted by atomic mass is 9.73. The standard InChI is InChI=1S/C26H34ClN7O4/c1-16-22(28)26(15-36-16)10-12-33(13-11-26)20-14-29-25-23(31-20)32-38-34(37-25)19-9-5-8-18(21(19)27)30-24(35)17-6-3-2-4-7-17/h2-9,16,20,22-23,25,29,31-32H,10-15,28H2,1H3,(H,30,35)/t16-,20?,22+,23?,25?/m0/s1. The molecule has 0 radical (unpaired) electrons. The minimum Gasteiger partial charge on any atom is -0.376 e. The molecule has 4 heterocycles. The van der Waals surface area contributed by atoms with Gasteiger partial charge in [0.1, 0.15) is 11.9 Å². The number of nitrogens with one attached hydrogen (secondary N) is 4. The number of rotatable bonds is 4. The zero-order valence-corrected chi connectivity index (χ0v) is 22.0. The predicted octanol–water partition coefficient (Wildman–Crippen LogP) is 1.78. The van der Waals surface area contributed by atoms with Crippen LogP contribution in [-0.4, -0.2) is 67.8 Å². The van der Waals surface area contributed by atoms with Crippen LogP contribution in [0.4, 0.5) is 11.4 Å². The van der Waals surface area contributed by atoms with E-state index < -0.39 is 6.23 Å². The van der Waals surface area contributed by atoms with Crippen molar-refractivity contribution in [3.8, 4) is 0 Å². The third-order valence-corrected chi connectivity index (χ3v) is 8.60. The summed E-state index contributed by atoms with van der Waals surface area (Å²) in [6.45, 7) is 5.42. The fourth-order valence-corrected chi connectivity index (χ4v) is 6.00. The van der Waals surface area contributed by atoms with Gasteiger partial charge in [-0.1, -0.05) is 35.9 Å². The Morgan fingerprint density at radius 3 is 2.68 bits per heavy atom. The van der Waals surface area contributed by atoms with Crippen molar-refractivity contribution >= 4 is 28.9 Å². The number of hydroxylamine groups is 1. The second kappa shape index (κ2) is 10.7. The van der Waals surface area contributed by atoms with Crippen molar-refractivity contribution < 1.29 is 19.3 Å². The normalized spacial score (nSPS) is 31.2. The average molecular weight is 544 g/mol. The molecule has 0 bridgehead atoms. The maximum Gasteiger partial charge on any atom is 0.255 e. The fraction of sp³-hybridized carbons (Fsp3) is 0.500. The van der Waals surface area contributed by atoms with Crippen LogP contribution in [-0.2, 0) is 14.5 Å². The highest BCUT2D eigenvalue weighted by atomic mass is 35.5. The van der Waals surface area contributed by atoms with Gasteiger partial charge in [0.2, 0.25) is 0 Å². The van der Waals surface area contributed by atoms with Crippen LogP contribution in [0, 0.1) is 5.41 Å². The van der Waals surface area contributed by atoms with E-state index in [1.165, 1.54) is 5.23 Å². The summed E-state index contributed by atoms with van der Waals surface area (Å²) < 4.78 is 5.86. The Kier molecular flexibility index (Phi) is 7.29. The first-order chi connectivity index (χ1) is 18.4. The number of ether oxygens (including phenoxy) is 1. The molecule has 4 aliphatic rings.